The summed E-state index contributed by atoms with van der Waals surface area (Å²) in [5.74, 6) is 4.78. The quantitative estimate of drug-likeness (QED) is 0.633. The van der Waals surface area contributed by atoms with Crippen LogP contribution in [0.3, 0.4) is 0 Å². The molecule has 2 rings (SSSR count). The number of hydrogen-bond acceptors (Lipinski definition) is 4. The summed E-state index contributed by atoms with van der Waals surface area (Å²) >= 11 is 0. The van der Waals surface area contributed by atoms with E-state index in [0.29, 0.717) is 23.6 Å². The van der Waals surface area contributed by atoms with E-state index in [0.717, 1.165) is 12.5 Å². The van der Waals surface area contributed by atoms with E-state index >= 15 is 0 Å². The molecule has 1 heterocycles. The van der Waals surface area contributed by atoms with Crippen molar-refractivity contribution in [3.05, 3.63) is 47.3 Å². The summed E-state index contributed by atoms with van der Waals surface area (Å²) < 4.78 is 33.9. The fourth-order valence-electron chi connectivity index (χ4n) is 2.29. The molecule has 7 heteroatoms. The van der Waals surface area contributed by atoms with Gasteiger partial charge in [-0.1, -0.05) is 6.92 Å². The van der Waals surface area contributed by atoms with Gasteiger partial charge in [0.05, 0.1) is 19.3 Å². The van der Waals surface area contributed by atoms with Crippen LogP contribution in [0.2, 0.25) is 0 Å². The highest BCUT2D eigenvalue weighted by molar-refractivity contribution is 5.36. The monoisotopic (exact) mass is 296 g/mol. The molecule has 0 saturated carbocycles. The lowest BCUT2D eigenvalue weighted by Gasteiger charge is -2.19. The number of hydrogen-bond donors (Lipinski definition) is 2. The highest BCUT2D eigenvalue weighted by Crippen LogP contribution is 2.30. The Bertz CT molecular complexity index is 595. The van der Waals surface area contributed by atoms with E-state index in [1.807, 2.05) is 6.92 Å². The first-order chi connectivity index (χ1) is 10.1. The molecule has 5 nitrogen and oxygen atoms in total. The Morgan fingerprint density at radius 2 is 2.00 bits per heavy atom. The van der Waals surface area contributed by atoms with Gasteiger partial charge in [0.1, 0.15) is 17.3 Å². The van der Waals surface area contributed by atoms with E-state index in [2.05, 4.69) is 10.5 Å². The zero-order valence-corrected chi connectivity index (χ0v) is 11.9. The third kappa shape index (κ3) is 3.20. The summed E-state index contributed by atoms with van der Waals surface area (Å²) in [6, 6.07) is 2.66. The van der Waals surface area contributed by atoms with E-state index in [-0.39, 0.29) is 0 Å². The Hall–Kier alpha value is -1.99. The lowest BCUT2D eigenvalue weighted by molar-refractivity contribution is 0.398. The molecule has 0 fully saturated rings. The van der Waals surface area contributed by atoms with Crippen molar-refractivity contribution >= 4 is 0 Å². The van der Waals surface area contributed by atoms with Gasteiger partial charge in [-0.3, -0.25) is 10.5 Å². The molecule has 0 amide bonds. The average molecular weight is 296 g/mol. The van der Waals surface area contributed by atoms with E-state index in [4.69, 9.17) is 10.6 Å². The first kappa shape index (κ1) is 15.4. The smallest absolute Gasteiger partial charge is 0.161 e. The number of hydrazine groups is 1. The van der Waals surface area contributed by atoms with Gasteiger partial charge in [0.15, 0.2) is 5.75 Å². The number of nitrogens with two attached hydrogens (primary N) is 1. The first-order valence-corrected chi connectivity index (χ1v) is 6.62. The zero-order chi connectivity index (χ0) is 15.4. The molecule has 1 unspecified atom stereocenters. The van der Waals surface area contributed by atoms with E-state index < -0.39 is 17.7 Å². The fraction of sp³-hybridized carbons (Fsp3) is 0.357. The summed E-state index contributed by atoms with van der Waals surface area (Å²) in [6.07, 6.45) is 2.41. The van der Waals surface area contributed by atoms with Gasteiger partial charge >= 0.3 is 0 Å². The fourth-order valence-corrected chi connectivity index (χ4v) is 2.29. The molecule has 1 atom stereocenters. The van der Waals surface area contributed by atoms with Crippen molar-refractivity contribution in [3.63, 3.8) is 0 Å². The minimum Gasteiger partial charge on any atom is -0.493 e. The molecular weight excluding hydrogens is 278 g/mol. The third-order valence-electron chi connectivity index (χ3n) is 3.16. The largest absolute Gasteiger partial charge is 0.493 e. The molecule has 0 spiro atoms. The standard InChI is InChI=1S/C14H18F2N4O/c1-3-4-20-14(12(21-2)8-18-20)13(19-17)9-5-10(15)7-11(16)6-9/h5-8,13,19H,3-4,17H2,1-2H3. The molecule has 0 aliphatic rings. The number of halogens is 2. The van der Waals surface area contributed by atoms with Crippen LogP contribution in [0, 0.1) is 11.6 Å². The van der Waals surface area contributed by atoms with Crippen LogP contribution in [-0.2, 0) is 6.54 Å². The van der Waals surface area contributed by atoms with E-state index in [9.17, 15) is 8.78 Å². The van der Waals surface area contributed by atoms with Crippen LogP contribution < -0.4 is 16.0 Å². The van der Waals surface area contributed by atoms with Crippen molar-refractivity contribution in [3.8, 4) is 5.75 Å². The number of methoxy groups -OCH3 is 1. The topological polar surface area (TPSA) is 65.1 Å². The van der Waals surface area contributed by atoms with E-state index in [1.54, 1.807) is 10.9 Å². The van der Waals surface area contributed by atoms with Crippen LogP contribution in [0.5, 0.6) is 5.75 Å². The van der Waals surface area contributed by atoms with E-state index in [1.165, 1.54) is 19.2 Å². The second kappa shape index (κ2) is 6.64. The highest BCUT2D eigenvalue weighted by atomic mass is 19.1. The third-order valence-corrected chi connectivity index (χ3v) is 3.16. The number of benzene rings is 1. The van der Waals surface area contributed by atoms with Crippen molar-refractivity contribution in [1.82, 2.24) is 15.2 Å². The van der Waals surface area contributed by atoms with Crippen molar-refractivity contribution in [2.75, 3.05) is 7.11 Å². The maximum absolute atomic E-state index is 13.4. The molecule has 0 saturated heterocycles. The predicted octanol–water partition coefficient (Wildman–Crippen LogP) is 2.13. The minimum absolute atomic E-state index is 0.367. The lowest BCUT2D eigenvalue weighted by atomic mass is 10.0. The Morgan fingerprint density at radius 3 is 2.52 bits per heavy atom. The first-order valence-electron chi connectivity index (χ1n) is 6.62. The SMILES string of the molecule is CCCn1ncc(OC)c1C(NN)c1cc(F)cc(F)c1. The Kier molecular flexibility index (Phi) is 4.87. The molecule has 1 aromatic carbocycles. The molecule has 0 aliphatic carbocycles. The second-order valence-corrected chi connectivity index (χ2v) is 4.62. The van der Waals surface area contributed by atoms with Crippen molar-refractivity contribution in [1.29, 1.82) is 0 Å². The summed E-state index contributed by atoms with van der Waals surface area (Å²) in [4.78, 5) is 0. The summed E-state index contributed by atoms with van der Waals surface area (Å²) in [5, 5.41) is 4.22. The molecule has 1 aromatic heterocycles. The number of nitrogens with one attached hydrogen (secondary N) is 1. The van der Waals surface area contributed by atoms with Crippen LogP contribution in [0.25, 0.3) is 0 Å². The molecule has 114 valence electrons. The van der Waals surface area contributed by atoms with Crippen molar-refractivity contribution in [2.45, 2.75) is 25.9 Å². The predicted molar refractivity (Wildman–Crippen MR) is 74.6 cm³/mol. The molecule has 21 heavy (non-hydrogen) atoms. The minimum atomic E-state index is -0.661. The summed E-state index contributed by atoms with van der Waals surface area (Å²) in [5.41, 5.74) is 3.57. The van der Waals surface area contributed by atoms with Gasteiger partial charge in [0.2, 0.25) is 0 Å². The van der Waals surface area contributed by atoms with Crippen LogP contribution in [0.15, 0.2) is 24.4 Å². The van der Waals surface area contributed by atoms with Crippen LogP contribution in [0.4, 0.5) is 8.78 Å². The molecule has 0 bridgehead atoms. The Labute approximate surface area is 121 Å². The maximum atomic E-state index is 13.4. The highest BCUT2D eigenvalue weighted by Gasteiger charge is 2.23. The van der Waals surface area contributed by atoms with Gasteiger partial charge in [-0.15, -0.1) is 0 Å². The van der Waals surface area contributed by atoms with Crippen LogP contribution in [0.1, 0.15) is 30.6 Å². The summed E-state index contributed by atoms with van der Waals surface area (Å²) in [6.45, 7) is 2.65. The van der Waals surface area contributed by atoms with Gasteiger partial charge in [0.25, 0.3) is 0 Å². The van der Waals surface area contributed by atoms with Gasteiger partial charge in [-0.2, -0.15) is 5.10 Å². The van der Waals surface area contributed by atoms with Gasteiger partial charge < -0.3 is 4.74 Å². The Morgan fingerprint density at radius 1 is 1.33 bits per heavy atom. The van der Waals surface area contributed by atoms with Gasteiger partial charge in [0, 0.05) is 12.6 Å². The lowest BCUT2D eigenvalue weighted by Crippen LogP contribution is -2.31. The second-order valence-electron chi connectivity index (χ2n) is 4.62. The Balaban J connectivity index is 2.52. The number of aromatic nitrogens is 2. The van der Waals surface area contributed by atoms with Crippen molar-refractivity contribution in [2.24, 2.45) is 5.84 Å². The molecule has 0 aliphatic heterocycles. The number of ether oxygens (including phenoxy) is 1. The molecule has 2 aromatic rings. The number of nitrogens with zero attached hydrogens (tertiary/aromatic N) is 2. The number of rotatable bonds is 6. The van der Waals surface area contributed by atoms with Crippen molar-refractivity contribution < 1.29 is 13.5 Å². The van der Waals surface area contributed by atoms with Gasteiger partial charge in [-0.25, -0.2) is 14.2 Å². The molecule has 3 N–H and O–H groups in total. The maximum Gasteiger partial charge on any atom is 0.161 e. The number of aryl methyl sites for hydroxylation is 1. The van der Waals surface area contributed by atoms with Crippen LogP contribution in [-0.4, -0.2) is 16.9 Å². The molecular formula is C14H18F2N4O. The van der Waals surface area contributed by atoms with Gasteiger partial charge in [-0.05, 0) is 24.1 Å². The zero-order valence-electron chi connectivity index (χ0n) is 11.9. The average Bonchev–Trinajstić information content (AvgIpc) is 2.82. The summed E-state index contributed by atoms with van der Waals surface area (Å²) in [7, 11) is 1.51. The van der Waals surface area contributed by atoms with Crippen LogP contribution >= 0.6 is 0 Å². The normalized spacial score (nSPS) is 12.4. The molecule has 0 radical (unpaired) electrons.